The first-order valence-corrected chi connectivity index (χ1v) is 14.0. The summed E-state index contributed by atoms with van der Waals surface area (Å²) >= 11 is 0. The molecule has 0 aliphatic carbocycles. The second-order valence-electron chi connectivity index (χ2n) is 9.25. The van der Waals surface area contributed by atoms with Gasteiger partial charge in [-0.2, -0.15) is 4.67 Å². The van der Waals surface area contributed by atoms with E-state index in [2.05, 4.69) is 5.32 Å². The smallest absolute Gasteiger partial charge is 0.462 e. The van der Waals surface area contributed by atoms with Crippen molar-refractivity contribution in [3.8, 4) is 11.5 Å². The SMILES string of the molecule is CCC(C)OC(=O)[C@@H]1CCCN1P(=O)(Oc1ccc(OC)cc1)O[C@H]1[C@H](O)[C@@H](CO)O[C@H](O)[C@@H]1NC(C)=O. The van der Waals surface area contributed by atoms with Gasteiger partial charge in [-0.05, 0) is 50.5 Å². The molecule has 0 aromatic heterocycles. The van der Waals surface area contributed by atoms with Gasteiger partial charge in [0, 0.05) is 13.5 Å². The van der Waals surface area contributed by atoms with Crippen LogP contribution in [0.25, 0.3) is 0 Å². The molecule has 214 valence electrons. The van der Waals surface area contributed by atoms with Gasteiger partial charge in [-0.1, -0.05) is 6.92 Å². The maximum absolute atomic E-state index is 14.6. The number of aliphatic hydroxyl groups excluding tert-OH is 3. The molecule has 2 unspecified atom stereocenters. The molecule has 0 spiro atoms. The van der Waals surface area contributed by atoms with Gasteiger partial charge in [0.05, 0.1) is 19.8 Å². The van der Waals surface area contributed by atoms with Gasteiger partial charge in [0.1, 0.15) is 41.9 Å². The molecule has 0 bridgehead atoms. The Labute approximate surface area is 221 Å². The largest absolute Gasteiger partial charge is 0.497 e. The first-order chi connectivity index (χ1) is 18.0. The van der Waals surface area contributed by atoms with Crippen LogP contribution in [-0.2, 0) is 28.2 Å². The Morgan fingerprint density at radius 3 is 2.47 bits per heavy atom. The first-order valence-electron chi connectivity index (χ1n) is 12.5. The summed E-state index contributed by atoms with van der Waals surface area (Å²) in [5, 5.41) is 33.5. The molecule has 2 heterocycles. The molecule has 2 saturated heterocycles. The number of carbonyl (C=O) groups excluding carboxylic acids is 2. The predicted molar refractivity (Wildman–Crippen MR) is 133 cm³/mol. The molecule has 1 aromatic carbocycles. The van der Waals surface area contributed by atoms with Crippen LogP contribution in [0.15, 0.2) is 24.3 Å². The van der Waals surface area contributed by atoms with Gasteiger partial charge in [-0.15, -0.1) is 0 Å². The van der Waals surface area contributed by atoms with Crippen LogP contribution in [0.3, 0.4) is 0 Å². The number of aliphatic hydroxyl groups is 3. The van der Waals surface area contributed by atoms with E-state index in [4.69, 9.17) is 23.3 Å². The van der Waals surface area contributed by atoms with Crippen molar-refractivity contribution < 1.29 is 52.7 Å². The molecule has 0 radical (unpaired) electrons. The van der Waals surface area contributed by atoms with Gasteiger partial charge in [-0.3, -0.25) is 14.1 Å². The fourth-order valence-corrected chi connectivity index (χ4v) is 6.46. The number of ether oxygens (including phenoxy) is 3. The average Bonchev–Trinajstić information content (AvgIpc) is 3.39. The van der Waals surface area contributed by atoms with Gasteiger partial charge in [0.15, 0.2) is 6.29 Å². The molecule has 0 saturated carbocycles. The summed E-state index contributed by atoms with van der Waals surface area (Å²) in [5.41, 5.74) is 0. The van der Waals surface area contributed by atoms with E-state index < -0.39 is 62.9 Å². The molecular formula is C24H37N2O11P. The molecule has 38 heavy (non-hydrogen) atoms. The number of benzene rings is 1. The average molecular weight is 561 g/mol. The number of hydrogen-bond donors (Lipinski definition) is 4. The Morgan fingerprint density at radius 2 is 1.89 bits per heavy atom. The van der Waals surface area contributed by atoms with E-state index in [1.54, 1.807) is 19.1 Å². The molecule has 1 amide bonds. The second kappa shape index (κ2) is 13.2. The lowest BCUT2D eigenvalue weighted by molar-refractivity contribution is -0.250. The van der Waals surface area contributed by atoms with Crippen LogP contribution in [0.1, 0.15) is 40.0 Å². The zero-order valence-electron chi connectivity index (χ0n) is 21.9. The summed E-state index contributed by atoms with van der Waals surface area (Å²) in [5.74, 6) is -0.545. The van der Waals surface area contributed by atoms with Crippen LogP contribution < -0.4 is 14.6 Å². The van der Waals surface area contributed by atoms with Gasteiger partial charge in [0.25, 0.3) is 0 Å². The number of methoxy groups -OCH3 is 1. The molecular weight excluding hydrogens is 523 g/mol. The number of rotatable bonds is 11. The monoisotopic (exact) mass is 560 g/mol. The van der Waals surface area contributed by atoms with E-state index in [9.17, 15) is 29.5 Å². The van der Waals surface area contributed by atoms with Crippen molar-refractivity contribution in [2.24, 2.45) is 0 Å². The van der Waals surface area contributed by atoms with Crippen molar-refractivity contribution in [1.82, 2.24) is 9.99 Å². The van der Waals surface area contributed by atoms with E-state index in [-0.39, 0.29) is 18.4 Å². The fraction of sp³-hybridized carbons (Fsp3) is 0.667. The molecule has 1 aromatic rings. The van der Waals surface area contributed by atoms with Crippen molar-refractivity contribution in [3.05, 3.63) is 24.3 Å². The normalized spacial score (nSPS) is 30.2. The molecule has 3 rings (SSSR count). The Morgan fingerprint density at radius 1 is 1.24 bits per heavy atom. The fourth-order valence-electron chi connectivity index (χ4n) is 4.30. The second-order valence-corrected chi connectivity index (χ2v) is 11.1. The third-order valence-electron chi connectivity index (χ3n) is 6.48. The molecule has 2 aliphatic heterocycles. The third-order valence-corrected chi connectivity index (χ3v) is 8.54. The van der Waals surface area contributed by atoms with Crippen LogP contribution in [0, 0.1) is 0 Å². The van der Waals surface area contributed by atoms with Crippen LogP contribution in [-0.4, -0.2) is 94.9 Å². The minimum atomic E-state index is -4.49. The van der Waals surface area contributed by atoms with Gasteiger partial charge in [0.2, 0.25) is 5.91 Å². The van der Waals surface area contributed by atoms with Crippen molar-refractivity contribution >= 4 is 19.6 Å². The Hall–Kier alpha value is -2.25. The maximum atomic E-state index is 14.6. The summed E-state index contributed by atoms with van der Waals surface area (Å²) in [6, 6.07) is 3.80. The Balaban J connectivity index is 2.00. The van der Waals surface area contributed by atoms with E-state index in [1.165, 1.54) is 30.8 Å². The zero-order chi connectivity index (χ0) is 28.0. The summed E-state index contributed by atoms with van der Waals surface area (Å²) in [6.07, 6.45) is -5.16. The first kappa shape index (κ1) is 30.3. The number of hydrogen-bond acceptors (Lipinski definition) is 11. The molecule has 2 fully saturated rings. The van der Waals surface area contributed by atoms with Crippen LogP contribution in [0.5, 0.6) is 11.5 Å². The summed E-state index contributed by atoms with van der Waals surface area (Å²) in [7, 11) is -3.01. The van der Waals surface area contributed by atoms with Crippen molar-refractivity contribution in [2.75, 3.05) is 20.3 Å². The van der Waals surface area contributed by atoms with Gasteiger partial charge >= 0.3 is 13.7 Å². The van der Waals surface area contributed by atoms with Gasteiger partial charge in [-0.25, -0.2) is 4.57 Å². The highest BCUT2D eigenvalue weighted by Crippen LogP contribution is 2.57. The van der Waals surface area contributed by atoms with E-state index in [0.717, 1.165) is 0 Å². The topological polar surface area (TPSA) is 173 Å². The minimum absolute atomic E-state index is 0.118. The summed E-state index contributed by atoms with van der Waals surface area (Å²) in [4.78, 5) is 24.9. The number of amides is 1. The lowest BCUT2D eigenvalue weighted by Crippen LogP contribution is -2.64. The summed E-state index contributed by atoms with van der Waals surface area (Å²) < 4.78 is 43.6. The standard InChI is InChI=1S/C24H37N2O11P/c1-5-14(2)34-23(30)18-7-6-12-26(18)38(32,36-17-10-8-16(33-4)9-11-17)37-22-20(25-15(3)28)24(31)35-19(13-27)21(22)29/h8-11,14,18-22,24,27,29,31H,5-7,12-13H2,1-4H3,(H,25,28)/t14?,18-,19+,20+,21+,22+,24-,38?/m0/s1. The maximum Gasteiger partial charge on any atom is 0.462 e. The third kappa shape index (κ3) is 7.03. The molecule has 14 heteroatoms. The van der Waals surface area contributed by atoms with Crippen LogP contribution in [0.4, 0.5) is 0 Å². The quantitative estimate of drug-likeness (QED) is 0.223. The number of nitrogens with zero attached hydrogens (tertiary/aromatic N) is 1. The number of nitrogens with one attached hydrogen (secondary N) is 1. The highest BCUT2D eigenvalue weighted by atomic mass is 31.2. The number of carbonyl (C=O) groups is 2. The van der Waals surface area contributed by atoms with Crippen LogP contribution >= 0.6 is 7.75 Å². The number of esters is 1. The molecule has 13 nitrogen and oxygen atoms in total. The Kier molecular flexibility index (Phi) is 10.5. The molecule has 2 aliphatic rings. The van der Waals surface area contributed by atoms with E-state index >= 15 is 0 Å². The molecule has 4 N–H and O–H groups in total. The summed E-state index contributed by atoms with van der Waals surface area (Å²) in [6.45, 7) is 4.24. The Bertz CT molecular complexity index is 994. The van der Waals surface area contributed by atoms with Crippen molar-refractivity contribution in [3.63, 3.8) is 0 Å². The predicted octanol–water partition coefficient (Wildman–Crippen LogP) is 0.949. The van der Waals surface area contributed by atoms with Gasteiger partial charge < -0.3 is 39.4 Å². The highest BCUT2D eigenvalue weighted by molar-refractivity contribution is 7.51. The van der Waals surface area contributed by atoms with E-state index in [0.29, 0.717) is 25.0 Å². The van der Waals surface area contributed by atoms with Crippen molar-refractivity contribution in [1.29, 1.82) is 0 Å². The van der Waals surface area contributed by atoms with E-state index in [1.807, 2.05) is 6.92 Å². The lowest BCUT2D eigenvalue weighted by Gasteiger charge is -2.44. The zero-order valence-corrected chi connectivity index (χ0v) is 22.8. The van der Waals surface area contributed by atoms with Crippen LogP contribution in [0.2, 0.25) is 0 Å². The molecule has 8 atom stereocenters. The lowest BCUT2D eigenvalue weighted by atomic mass is 9.97. The van der Waals surface area contributed by atoms with Crippen molar-refractivity contribution in [2.45, 2.75) is 82.8 Å². The minimum Gasteiger partial charge on any atom is -0.497 e. The highest BCUT2D eigenvalue weighted by Gasteiger charge is 2.54.